The van der Waals surface area contributed by atoms with Gasteiger partial charge in [-0.15, -0.1) is 5.10 Å². The van der Waals surface area contributed by atoms with Gasteiger partial charge in [0.25, 0.3) is 0 Å². The molecule has 102 valence electrons. The molecule has 5 heteroatoms. The van der Waals surface area contributed by atoms with Gasteiger partial charge in [-0.3, -0.25) is 11.3 Å². The van der Waals surface area contributed by atoms with Crippen molar-refractivity contribution in [2.45, 2.75) is 38.6 Å². The third-order valence-electron chi connectivity index (χ3n) is 3.15. The molecular formula is C14H20N4S. The molecule has 0 aliphatic carbocycles. The average Bonchev–Trinajstić information content (AvgIpc) is 2.90. The maximum absolute atomic E-state index is 5.69. The lowest BCUT2D eigenvalue weighted by Crippen LogP contribution is -2.28. The van der Waals surface area contributed by atoms with Gasteiger partial charge in [0.2, 0.25) is 0 Å². The maximum Gasteiger partial charge on any atom is 0.0804 e. The Hall–Kier alpha value is -1.30. The van der Waals surface area contributed by atoms with Crippen LogP contribution in [-0.2, 0) is 12.8 Å². The van der Waals surface area contributed by atoms with E-state index < -0.39 is 0 Å². The molecule has 0 bridgehead atoms. The zero-order valence-electron chi connectivity index (χ0n) is 11.2. The van der Waals surface area contributed by atoms with Crippen molar-refractivity contribution < 1.29 is 0 Å². The first-order valence-corrected chi connectivity index (χ1v) is 7.43. The Balaban J connectivity index is 2.01. The normalized spacial score (nSPS) is 12.5. The van der Waals surface area contributed by atoms with E-state index in [1.165, 1.54) is 22.0 Å². The Morgan fingerprint density at radius 2 is 2.05 bits per heavy atom. The van der Waals surface area contributed by atoms with Crippen molar-refractivity contribution in [2.75, 3.05) is 0 Å². The predicted octanol–water partition coefficient (Wildman–Crippen LogP) is 2.63. The van der Waals surface area contributed by atoms with E-state index in [2.05, 4.69) is 46.2 Å². The van der Waals surface area contributed by atoms with Gasteiger partial charge in [-0.05, 0) is 36.4 Å². The van der Waals surface area contributed by atoms with E-state index >= 15 is 0 Å². The summed E-state index contributed by atoms with van der Waals surface area (Å²) in [4.78, 5) is 1.18. The molecule has 2 aromatic rings. The number of benzene rings is 1. The van der Waals surface area contributed by atoms with Gasteiger partial charge in [0, 0.05) is 0 Å². The first kappa shape index (κ1) is 14.1. The summed E-state index contributed by atoms with van der Waals surface area (Å²) in [5.74, 6) is 5.69. The van der Waals surface area contributed by atoms with Crippen molar-refractivity contribution in [2.24, 2.45) is 5.84 Å². The Labute approximate surface area is 118 Å². The lowest BCUT2D eigenvalue weighted by atomic mass is 10.0. The molecule has 1 heterocycles. The topological polar surface area (TPSA) is 63.8 Å². The van der Waals surface area contributed by atoms with Gasteiger partial charge in [0.15, 0.2) is 0 Å². The van der Waals surface area contributed by atoms with Crippen LogP contribution in [0.2, 0.25) is 0 Å². The fourth-order valence-electron chi connectivity index (χ4n) is 2.14. The van der Waals surface area contributed by atoms with Crippen LogP contribution in [0.15, 0.2) is 30.3 Å². The van der Waals surface area contributed by atoms with Gasteiger partial charge in [-0.2, -0.15) is 0 Å². The second-order valence-corrected chi connectivity index (χ2v) is 5.36. The van der Waals surface area contributed by atoms with Crippen LogP contribution in [0.1, 0.15) is 41.9 Å². The minimum atomic E-state index is 0.141. The number of nitrogens with one attached hydrogen (secondary N) is 1. The number of aromatic nitrogens is 2. The summed E-state index contributed by atoms with van der Waals surface area (Å²) in [7, 11) is 0. The molecule has 1 aromatic heterocycles. The molecule has 0 aliphatic rings. The molecule has 19 heavy (non-hydrogen) atoms. The molecule has 0 saturated heterocycles. The average molecular weight is 276 g/mol. The molecular weight excluding hydrogens is 256 g/mol. The van der Waals surface area contributed by atoms with Gasteiger partial charge < -0.3 is 0 Å². The highest BCUT2D eigenvalue weighted by Crippen LogP contribution is 2.25. The number of rotatable bonds is 7. The van der Waals surface area contributed by atoms with Crippen LogP contribution < -0.4 is 11.3 Å². The molecule has 0 spiro atoms. The smallest absolute Gasteiger partial charge is 0.0804 e. The zero-order valence-corrected chi connectivity index (χ0v) is 12.0. The van der Waals surface area contributed by atoms with E-state index in [1.807, 2.05) is 6.07 Å². The summed E-state index contributed by atoms with van der Waals surface area (Å²) in [6.45, 7) is 2.15. The van der Waals surface area contributed by atoms with Gasteiger partial charge in [-0.25, -0.2) is 0 Å². The van der Waals surface area contributed by atoms with Crippen LogP contribution >= 0.6 is 11.5 Å². The number of hydrogen-bond acceptors (Lipinski definition) is 5. The largest absolute Gasteiger partial charge is 0.271 e. The van der Waals surface area contributed by atoms with Crippen LogP contribution in [0.4, 0.5) is 0 Å². The summed E-state index contributed by atoms with van der Waals surface area (Å²) < 4.78 is 4.06. The molecule has 4 nitrogen and oxygen atoms in total. The third-order valence-corrected chi connectivity index (χ3v) is 4.03. The highest BCUT2D eigenvalue weighted by Gasteiger charge is 2.17. The van der Waals surface area contributed by atoms with E-state index in [0.717, 1.165) is 31.4 Å². The zero-order chi connectivity index (χ0) is 13.5. The minimum Gasteiger partial charge on any atom is -0.271 e. The number of hydrazine groups is 1. The van der Waals surface area contributed by atoms with E-state index in [9.17, 15) is 0 Å². The highest BCUT2D eigenvalue weighted by atomic mass is 32.1. The number of nitrogens with two attached hydrogens (primary N) is 1. The van der Waals surface area contributed by atoms with Crippen LogP contribution in [-0.4, -0.2) is 9.59 Å². The Morgan fingerprint density at radius 3 is 2.74 bits per heavy atom. The standard InChI is InChI=1S/C14H20N4S/c1-2-6-13-14(19-18-17-13)12(16-15)10-9-11-7-4-3-5-8-11/h3-5,7-8,12,16H,2,6,9-10,15H2,1H3. The Bertz CT molecular complexity index is 483. The van der Waals surface area contributed by atoms with Crippen LogP contribution in [0, 0.1) is 0 Å². The monoisotopic (exact) mass is 276 g/mol. The third kappa shape index (κ3) is 3.83. The molecule has 0 fully saturated rings. The summed E-state index contributed by atoms with van der Waals surface area (Å²) >= 11 is 1.45. The lowest BCUT2D eigenvalue weighted by Gasteiger charge is -2.14. The molecule has 0 aliphatic heterocycles. The van der Waals surface area contributed by atoms with Crippen molar-refractivity contribution in [1.29, 1.82) is 0 Å². The summed E-state index contributed by atoms with van der Waals surface area (Å²) in [5.41, 5.74) is 5.32. The molecule has 0 amide bonds. The van der Waals surface area contributed by atoms with E-state index in [-0.39, 0.29) is 6.04 Å². The van der Waals surface area contributed by atoms with Crippen molar-refractivity contribution >= 4 is 11.5 Å². The van der Waals surface area contributed by atoms with Crippen molar-refractivity contribution in [3.63, 3.8) is 0 Å². The second kappa shape index (κ2) is 7.33. The summed E-state index contributed by atoms with van der Waals surface area (Å²) in [5, 5.41) is 4.20. The van der Waals surface area contributed by atoms with Gasteiger partial charge in [0.1, 0.15) is 0 Å². The maximum atomic E-state index is 5.69. The fourth-order valence-corrected chi connectivity index (χ4v) is 2.92. The molecule has 3 N–H and O–H groups in total. The first-order chi connectivity index (χ1) is 9.35. The minimum absolute atomic E-state index is 0.141. The molecule has 0 saturated carbocycles. The molecule has 1 unspecified atom stereocenters. The van der Waals surface area contributed by atoms with Gasteiger partial charge >= 0.3 is 0 Å². The fraction of sp³-hybridized carbons (Fsp3) is 0.429. The Kier molecular flexibility index (Phi) is 5.44. The number of hydrogen-bond donors (Lipinski definition) is 2. The highest BCUT2D eigenvalue weighted by molar-refractivity contribution is 7.05. The Morgan fingerprint density at radius 1 is 1.26 bits per heavy atom. The summed E-state index contributed by atoms with van der Waals surface area (Å²) in [6, 6.07) is 10.6. The lowest BCUT2D eigenvalue weighted by molar-refractivity contribution is 0.519. The molecule has 0 radical (unpaired) electrons. The SMILES string of the molecule is CCCc1nnsc1C(CCc1ccccc1)NN. The van der Waals surface area contributed by atoms with Crippen LogP contribution in [0.3, 0.4) is 0 Å². The van der Waals surface area contributed by atoms with Gasteiger partial charge in [-0.1, -0.05) is 48.2 Å². The van der Waals surface area contributed by atoms with E-state index in [0.29, 0.717) is 0 Å². The number of aryl methyl sites for hydroxylation is 2. The van der Waals surface area contributed by atoms with Crippen molar-refractivity contribution in [3.8, 4) is 0 Å². The first-order valence-electron chi connectivity index (χ1n) is 6.66. The number of nitrogens with zero attached hydrogens (tertiary/aromatic N) is 2. The second-order valence-electron chi connectivity index (χ2n) is 4.58. The van der Waals surface area contributed by atoms with Crippen molar-refractivity contribution in [3.05, 3.63) is 46.5 Å². The van der Waals surface area contributed by atoms with E-state index in [4.69, 9.17) is 5.84 Å². The molecule has 1 aromatic carbocycles. The van der Waals surface area contributed by atoms with Crippen LogP contribution in [0.25, 0.3) is 0 Å². The summed E-state index contributed by atoms with van der Waals surface area (Å²) in [6.07, 6.45) is 4.00. The predicted molar refractivity (Wildman–Crippen MR) is 78.7 cm³/mol. The van der Waals surface area contributed by atoms with Gasteiger partial charge in [0.05, 0.1) is 16.6 Å². The van der Waals surface area contributed by atoms with Crippen LogP contribution in [0.5, 0.6) is 0 Å². The van der Waals surface area contributed by atoms with Crippen molar-refractivity contribution in [1.82, 2.24) is 15.0 Å². The molecule has 1 atom stereocenters. The quantitative estimate of drug-likeness (QED) is 0.603. The molecule has 2 rings (SSSR count). The van der Waals surface area contributed by atoms with E-state index in [1.54, 1.807) is 0 Å².